The maximum Gasteiger partial charge on any atom is 0.407 e. The Morgan fingerprint density at radius 1 is 1.12 bits per heavy atom. The molecule has 0 aromatic rings. The third-order valence-electron chi connectivity index (χ3n) is 11.8. The number of thiol groups is 1. The average Bonchev–Trinajstić information content (AvgIpc) is 3.27. The Balaban J connectivity index is 1.30. The molecule has 4 aliphatic rings. The molecule has 0 aromatic heterocycles. The number of nitrogens with two attached hydrogens (primary N) is 1. The summed E-state index contributed by atoms with van der Waals surface area (Å²) in [6, 6.07) is 0. The van der Waals surface area contributed by atoms with Gasteiger partial charge in [0.15, 0.2) is 0 Å². The van der Waals surface area contributed by atoms with Crippen molar-refractivity contribution >= 4 is 24.6 Å². The van der Waals surface area contributed by atoms with Crippen molar-refractivity contribution in [2.75, 3.05) is 18.8 Å². The Kier molecular flexibility index (Phi) is 11.0. The number of amides is 1. The molecule has 8 atom stereocenters. The zero-order chi connectivity index (χ0) is 28.9. The highest BCUT2D eigenvalue weighted by molar-refractivity contribution is 7.80. The van der Waals surface area contributed by atoms with Crippen molar-refractivity contribution in [2.45, 2.75) is 124 Å². The zero-order valence-electron chi connectivity index (χ0n) is 26.2. The highest BCUT2D eigenvalue weighted by Crippen LogP contribution is 2.67. The molecule has 3 saturated carbocycles. The minimum atomic E-state index is -0.319. The van der Waals surface area contributed by atoms with E-state index in [1.54, 1.807) is 5.57 Å². The van der Waals surface area contributed by atoms with E-state index in [1.807, 2.05) is 0 Å². The number of amidine groups is 1. The number of nitrogens with zero attached hydrogens (tertiary/aromatic N) is 1. The summed E-state index contributed by atoms with van der Waals surface area (Å²) in [7, 11) is 0. The van der Waals surface area contributed by atoms with Gasteiger partial charge in [0.05, 0.1) is 12.4 Å². The summed E-state index contributed by atoms with van der Waals surface area (Å²) in [6.07, 6.45) is 18.0. The molecular weight excluding hydrogens is 514 g/mol. The van der Waals surface area contributed by atoms with Crippen molar-refractivity contribution in [3.8, 4) is 0 Å². The smallest absolute Gasteiger partial charge is 0.407 e. The van der Waals surface area contributed by atoms with Gasteiger partial charge in [0.25, 0.3) is 0 Å². The molecule has 0 saturated heterocycles. The summed E-state index contributed by atoms with van der Waals surface area (Å²) in [5, 5.41) is 2.87. The first-order valence-electron chi connectivity index (χ1n) is 16.6. The van der Waals surface area contributed by atoms with Crippen molar-refractivity contribution in [2.24, 2.45) is 57.1 Å². The van der Waals surface area contributed by atoms with Gasteiger partial charge in [0, 0.05) is 19.4 Å². The molecule has 228 valence electrons. The average molecular weight is 574 g/mol. The molecule has 0 radical (unpaired) electrons. The lowest BCUT2D eigenvalue weighted by molar-refractivity contribution is -0.0581. The van der Waals surface area contributed by atoms with Crippen LogP contribution < -0.4 is 11.1 Å². The SMILES string of the molecule is CC(C)CCCC(C)C1CCC2C3CC=C4CC(OC(=O)NCCN=C(N)CCCS)CCC4(C)C3CCC12C. The van der Waals surface area contributed by atoms with Gasteiger partial charge < -0.3 is 15.8 Å². The molecule has 8 unspecified atom stereocenters. The minimum Gasteiger partial charge on any atom is -0.446 e. The second-order valence-corrected chi connectivity index (χ2v) is 15.1. The van der Waals surface area contributed by atoms with Crippen LogP contribution >= 0.6 is 12.6 Å². The number of fused-ring (bicyclic) bond motifs is 5. The monoisotopic (exact) mass is 573 g/mol. The number of carbonyl (C=O) groups is 1. The number of hydrogen-bond acceptors (Lipinski definition) is 4. The molecule has 0 spiro atoms. The van der Waals surface area contributed by atoms with Gasteiger partial charge in [0.1, 0.15) is 6.10 Å². The van der Waals surface area contributed by atoms with Crippen LogP contribution in [0.5, 0.6) is 0 Å². The van der Waals surface area contributed by atoms with E-state index in [0.29, 0.717) is 24.3 Å². The summed E-state index contributed by atoms with van der Waals surface area (Å²) in [6.45, 7) is 13.5. The van der Waals surface area contributed by atoms with Crippen LogP contribution in [-0.4, -0.2) is 36.9 Å². The topological polar surface area (TPSA) is 76.7 Å². The number of hydrogen-bond donors (Lipinski definition) is 3. The fraction of sp³-hybridized carbons (Fsp3) is 0.882. The van der Waals surface area contributed by atoms with Crippen LogP contribution in [0.2, 0.25) is 0 Å². The molecule has 0 aliphatic heterocycles. The lowest BCUT2D eigenvalue weighted by atomic mass is 9.47. The summed E-state index contributed by atoms with van der Waals surface area (Å²) in [5.41, 5.74) is 8.27. The summed E-state index contributed by atoms with van der Waals surface area (Å²) >= 11 is 4.20. The first-order valence-corrected chi connectivity index (χ1v) is 17.2. The summed E-state index contributed by atoms with van der Waals surface area (Å²) in [5.74, 6) is 6.53. The number of ether oxygens (including phenoxy) is 1. The Labute approximate surface area is 250 Å². The van der Waals surface area contributed by atoms with Crippen LogP contribution in [0.15, 0.2) is 16.6 Å². The quantitative estimate of drug-likeness (QED) is 0.0724. The molecule has 40 heavy (non-hydrogen) atoms. The normalized spacial score (nSPS) is 36.3. The highest BCUT2D eigenvalue weighted by atomic mass is 32.1. The number of carbonyl (C=O) groups excluding carboxylic acids is 1. The first kappa shape index (κ1) is 31.8. The molecule has 3 fully saturated rings. The van der Waals surface area contributed by atoms with Crippen LogP contribution in [0.4, 0.5) is 4.79 Å². The molecule has 0 bridgehead atoms. The van der Waals surface area contributed by atoms with Crippen molar-refractivity contribution in [3.05, 3.63) is 11.6 Å². The molecular formula is C34H59N3O2S. The van der Waals surface area contributed by atoms with Crippen LogP contribution in [0.1, 0.15) is 118 Å². The van der Waals surface area contributed by atoms with Crippen LogP contribution in [0.3, 0.4) is 0 Å². The lowest BCUT2D eigenvalue weighted by Gasteiger charge is -2.58. The molecule has 6 heteroatoms. The second kappa shape index (κ2) is 13.9. The number of alkyl carbamates (subject to hydrolysis) is 1. The van der Waals surface area contributed by atoms with Crippen molar-refractivity contribution in [3.63, 3.8) is 0 Å². The van der Waals surface area contributed by atoms with Crippen molar-refractivity contribution in [1.29, 1.82) is 0 Å². The first-order chi connectivity index (χ1) is 19.1. The van der Waals surface area contributed by atoms with Crippen LogP contribution in [0, 0.1) is 46.3 Å². The highest BCUT2D eigenvalue weighted by Gasteiger charge is 2.59. The van der Waals surface area contributed by atoms with Gasteiger partial charge in [-0.15, -0.1) is 0 Å². The fourth-order valence-electron chi connectivity index (χ4n) is 9.64. The molecule has 3 N–H and O–H groups in total. The van der Waals surface area contributed by atoms with Gasteiger partial charge in [-0.05, 0) is 103 Å². The van der Waals surface area contributed by atoms with Gasteiger partial charge in [-0.3, -0.25) is 4.99 Å². The van der Waals surface area contributed by atoms with Gasteiger partial charge in [-0.25, -0.2) is 4.79 Å². The number of rotatable bonds is 12. The maximum atomic E-state index is 12.5. The molecule has 1 amide bonds. The van der Waals surface area contributed by atoms with Gasteiger partial charge >= 0.3 is 6.09 Å². The van der Waals surface area contributed by atoms with Crippen molar-refractivity contribution < 1.29 is 9.53 Å². The Morgan fingerprint density at radius 2 is 1.93 bits per heavy atom. The summed E-state index contributed by atoms with van der Waals surface area (Å²) < 4.78 is 5.89. The van der Waals surface area contributed by atoms with E-state index >= 15 is 0 Å². The van der Waals surface area contributed by atoms with Crippen LogP contribution in [0.25, 0.3) is 0 Å². The lowest BCUT2D eigenvalue weighted by Crippen LogP contribution is -2.51. The summed E-state index contributed by atoms with van der Waals surface area (Å²) in [4.78, 5) is 16.8. The third-order valence-corrected chi connectivity index (χ3v) is 12.1. The zero-order valence-corrected chi connectivity index (χ0v) is 27.1. The van der Waals surface area contributed by atoms with Crippen LogP contribution in [-0.2, 0) is 4.74 Å². The molecule has 0 aromatic carbocycles. The maximum absolute atomic E-state index is 12.5. The van der Waals surface area contributed by atoms with E-state index in [-0.39, 0.29) is 17.6 Å². The standard InChI is InChI=1S/C34H59N3O2S/c1-23(2)8-6-9-24(3)28-13-14-29-27-12-11-25-22-26(15-17-33(25,4)30(27)16-18-34(28,29)5)39-32(38)37-20-19-36-31(35)10-7-21-40/h11,23-24,26-30,40H,6-10,12-22H2,1-5H3,(H2,35,36)(H,37,38). The predicted octanol–water partition coefficient (Wildman–Crippen LogP) is 8.19. The fourth-order valence-corrected chi connectivity index (χ4v) is 9.80. The molecule has 4 aliphatic carbocycles. The molecule has 4 rings (SSSR count). The van der Waals surface area contributed by atoms with E-state index in [0.717, 1.165) is 73.4 Å². The Hall–Kier alpha value is -1.17. The largest absolute Gasteiger partial charge is 0.446 e. The van der Waals surface area contributed by atoms with Crippen molar-refractivity contribution in [1.82, 2.24) is 5.32 Å². The molecule has 0 heterocycles. The Morgan fingerprint density at radius 3 is 2.67 bits per heavy atom. The van der Waals surface area contributed by atoms with E-state index in [2.05, 4.69) is 63.6 Å². The van der Waals surface area contributed by atoms with E-state index in [4.69, 9.17) is 10.5 Å². The number of aliphatic imine (C=N–C) groups is 1. The van der Waals surface area contributed by atoms with E-state index in [9.17, 15) is 4.79 Å². The molecule has 5 nitrogen and oxygen atoms in total. The van der Waals surface area contributed by atoms with Gasteiger partial charge in [0.2, 0.25) is 0 Å². The predicted molar refractivity (Wildman–Crippen MR) is 171 cm³/mol. The number of nitrogens with one attached hydrogen (secondary N) is 1. The minimum absolute atomic E-state index is 0.0174. The number of allylic oxidation sites excluding steroid dienone is 1. The second-order valence-electron chi connectivity index (χ2n) is 14.7. The van der Waals surface area contributed by atoms with Gasteiger partial charge in [-0.2, -0.15) is 12.6 Å². The third kappa shape index (κ3) is 7.06. The van der Waals surface area contributed by atoms with Gasteiger partial charge in [-0.1, -0.05) is 65.5 Å². The Bertz CT molecular complexity index is 919. The van der Waals surface area contributed by atoms with E-state index < -0.39 is 0 Å². The van der Waals surface area contributed by atoms with E-state index in [1.165, 1.54) is 51.4 Å².